The van der Waals surface area contributed by atoms with Crippen LogP contribution in [0.3, 0.4) is 0 Å². The van der Waals surface area contributed by atoms with E-state index in [0.717, 1.165) is 39.5 Å². The number of hydrogen-bond acceptors (Lipinski definition) is 14. The van der Waals surface area contributed by atoms with E-state index in [1.165, 1.54) is 33.3 Å². The minimum absolute atomic E-state index is 0.0508. The first-order valence-corrected chi connectivity index (χ1v) is 28.3. The number of fused-ring (bicyclic) bond motifs is 3. The number of primary amides is 1. The molecule has 0 spiro atoms. The van der Waals surface area contributed by atoms with Crippen molar-refractivity contribution in [3.05, 3.63) is 111 Å². The first kappa shape index (κ1) is 55.7. The molecule has 0 radical (unpaired) electrons. The minimum atomic E-state index is -4.05. The number of carbonyl (C=O) groups excluding carboxylic acids is 8. The highest BCUT2D eigenvalue weighted by molar-refractivity contribution is 7.39. The summed E-state index contributed by atoms with van der Waals surface area (Å²) >= 11 is 2.31. The van der Waals surface area contributed by atoms with Crippen LogP contribution in [0.2, 0.25) is 0 Å². The van der Waals surface area contributed by atoms with E-state index in [2.05, 4.69) is 37.3 Å². The second-order valence-electron chi connectivity index (χ2n) is 19.5. The van der Waals surface area contributed by atoms with Crippen molar-refractivity contribution in [2.45, 2.75) is 120 Å². The molecule has 8 amide bonds. The maximum absolute atomic E-state index is 15.0. The summed E-state index contributed by atoms with van der Waals surface area (Å²) in [6, 6.07) is 15.3. The van der Waals surface area contributed by atoms with Crippen LogP contribution in [-0.2, 0) is 45.9 Å². The predicted molar refractivity (Wildman–Crippen MR) is 284 cm³/mol. The topological polar surface area (TPSA) is 271 Å². The number of benzene rings is 3. The van der Waals surface area contributed by atoms with Gasteiger partial charge in [-0.05, 0) is 97.9 Å². The monoisotopic (exact) mass is 1120 g/mol. The summed E-state index contributed by atoms with van der Waals surface area (Å²) in [5, 5.41) is 8.90. The number of piperidine rings is 1. The third kappa shape index (κ3) is 12.8. The van der Waals surface area contributed by atoms with E-state index in [0.29, 0.717) is 59.4 Å². The predicted octanol–water partition coefficient (Wildman–Crippen LogP) is 5.88. The van der Waals surface area contributed by atoms with E-state index in [1.54, 1.807) is 23.2 Å². The Hall–Kier alpha value is -7.06. The summed E-state index contributed by atoms with van der Waals surface area (Å²) in [5.41, 5.74) is 7.64. The lowest BCUT2D eigenvalue weighted by Gasteiger charge is -2.39. The Bertz CT molecular complexity index is 3220. The molecule has 2 aromatic heterocycles. The molecule has 9 rings (SSSR count). The number of nitrogens with two attached hydrogens (primary N) is 1. The van der Waals surface area contributed by atoms with Crippen molar-refractivity contribution >= 4 is 88.6 Å². The number of imide groups is 1. The SMILES string of the molecule is NC(=O)CC[C@H](NC(=O)[C@@H]1CC[C@@H]2CCN(C(=O)CCCCCC#Cc3cccc4c3CN(C3CCC(=O)NC3=O)C4=O)C[C@H](NC(=O)c3cc4cc(C(F)(F)OP(O)O)ccc4s3)C(=O)N21)c1ncc(-c2ccccc2)s1. The van der Waals surface area contributed by atoms with Crippen molar-refractivity contribution in [3.63, 3.8) is 0 Å². The Morgan fingerprint density at radius 1 is 0.949 bits per heavy atom. The third-order valence-corrected chi connectivity index (χ3v) is 17.0. The lowest BCUT2D eigenvalue weighted by Crippen LogP contribution is -2.61. The van der Waals surface area contributed by atoms with Crippen LogP contribution in [0.1, 0.15) is 125 Å². The van der Waals surface area contributed by atoms with Gasteiger partial charge in [0.05, 0.1) is 21.4 Å². The zero-order valence-electron chi connectivity index (χ0n) is 42.0. The zero-order valence-corrected chi connectivity index (χ0v) is 44.5. The molecule has 3 aromatic carbocycles. The molecule has 0 bridgehead atoms. The van der Waals surface area contributed by atoms with Gasteiger partial charge in [0.15, 0.2) is 0 Å². The van der Waals surface area contributed by atoms with Crippen molar-refractivity contribution in [2.24, 2.45) is 5.73 Å². The first-order valence-electron chi connectivity index (χ1n) is 25.5. The van der Waals surface area contributed by atoms with E-state index >= 15 is 0 Å². The summed E-state index contributed by atoms with van der Waals surface area (Å²) in [5.74, 6) is 2.55. The molecule has 5 atom stereocenters. The number of nitrogens with one attached hydrogen (secondary N) is 3. The van der Waals surface area contributed by atoms with Gasteiger partial charge in [-0.25, -0.2) is 9.51 Å². The third-order valence-electron chi connectivity index (χ3n) is 14.3. The number of unbranched alkanes of at least 4 members (excludes halogenated alkanes) is 3. The van der Waals surface area contributed by atoms with Crippen LogP contribution in [0, 0.1) is 11.8 Å². The fraction of sp³-hybridized carbons (Fsp3) is 0.389. The highest BCUT2D eigenvalue weighted by Gasteiger charge is 2.46. The number of rotatable bonds is 18. The number of thiophene rings is 1. The van der Waals surface area contributed by atoms with Crippen LogP contribution in [0.4, 0.5) is 8.78 Å². The van der Waals surface area contributed by atoms with Crippen LogP contribution in [0.5, 0.6) is 0 Å². The van der Waals surface area contributed by atoms with E-state index in [-0.39, 0.29) is 86.1 Å². The molecular weight excluding hydrogens is 1070 g/mol. The minimum Gasteiger partial charge on any atom is -0.370 e. The summed E-state index contributed by atoms with van der Waals surface area (Å²) in [7, 11) is -3.40. The number of thiazole rings is 1. The fourth-order valence-electron chi connectivity index (χ4n) is 10.4. The molecule has 1 unspecified atom stereocenters. The Labute approximate surface area is 455 Å². The van der Waals surface area contributed by atoms with Gasteiger partial charge in [-0.15, -0.1) is 22.7 Å². The Balaban J connectivity index is 0.875. The van der Waals surface area contributed by atoms with Gasteiger partial charge >= 0.3 is 14.7 Å². The number of carbonyl (C=O) groups is 8. The maximum atomic E-state index is 15.0. The molecule has 7 N–H and O–H groups in total. The number of aromatic nitrogens is 1. The second-order valence-corrected chi connectivity index (χ2v) is 22.3. The number of hydrogen-bond donors (Lipinski definition) is 6. The average molecular weight is 1130 g/mol. The summed E-state index contributed by atoms with van der Waals surface area (Å²) in [6.07, 6.45) is 1.56. The van der Waals surface area contributed by atoms with E-state index in [4.69, 9.17) is 15.5 Å². The van der Waals surface area contributed by atoms with Gasteiger partial charge < -0.3 is 40.9 Å². The maximum Gasteiger partial charge on any atom is 0.389 e. The molecule has 5 aromatic rings. The van der Waals surface area contributed by atoms with Crippen molar-refractivity contribution in [3.8, 4) is 22.3 Å². The molecule has 78 heavy (non-hydrogen) atoms. The van der Waals surface area contributed by atoms with Gasteiger partial charge in [-0.2, -0.15) is 8.78 Å². The number of halogens is 2. The Morgan fingerprint density at radius 3 is 2.53 bits per heavy atom. The summed E-state index contributed by atoms with van der Waals surface area (Å²) in [6.45, 7) is 0.175. The molecule has 24 heteroatoms. The molecule has 6 heterocycles. The molecule has 0 saturated carbocycles. The van der Waals surface area contributed by atoms with Crippen LogP contribution >= 0.6 is 31.3 Å². The highest BCUT2D eigenvalue weighted by atomic mass is 32.1. The van der Waals surface area contributed by atoms with Gasteiger partial charge in [0.1, 0.15) is 23.1 Å². The Morgan fingerprint density at radius 2 is 1.76 bits per heavy atom. The molecule has 408 valence electrons. The molecule has 3 saturated heterocycles. The lowest BCUT2D eigenvalue weighted by molar-refractivity contribution is -0.189. The first-order chi connectivity index (χ1) is 37.4. The summed E-state index contributed by atoms with van der Waals surface area (Å²) < 4.78 is 33.8. The number of amides is 8. The average Bonchev–Trinajstić information content (AvgIpc) is 4.37. The smallest absolute Gasteiger partial charge is 0.370 e. The van der Waals surface area contributed by atoms with Crippen molar-refractivity contribution in [1.82, 2.24) is 35.6 Å². The number of nitrogens with zero attached hydrogens (tertiary/aromatic N) is 4. The van der Waals surface area contributed by atoms with Crippen molar-refractivity contribution in [2.75, 3.05) is 13.1 Å². The van der Waals surface area contributed by atoms with Gasteiger partial charge in [0.25, 0.3) is 11.8 Å². The summed E-state index contributed by atoms with van der Waals surface area (Å²) in [4.78, 5) is 135. The van der Waals surface area contributed by atoms with Gasteiger partial charge in [0, 0.05) is 73.4 Å². The van der Waals surface area contributed by atoms with Crippen LogP contribution in [-0.4, -0.2) is 114 Å². The van der Waals surface area contributed by atoms with Crippen molar-refractivity contribution < 1.29 is 61.4 Å². The molecule has 4 aliphatic rings. The number of alkyl halides is 2. The largest absolute Gasteiger partial charge is 0.389 e. The normalized spacial score (nSPS) is 19.9. The quantitative estimate of drug-likeness (QED) is 0.0260. The van der Waals surface area contributed by atoms with E-state index < -0.39 is 80.0 Å². The molecule has 3 fully saturated rings. The van der Waals surface area contributed by atoms with Gasteiger partial charge in [-0.1, -0.05) is 54.7 Å². The van der Waals surface area contributed by atoms with Crippen LogP contribution < -0.4 is 21.7 Å². The highest BCUT2D eigenvalue weighted by Crippen LogP contribution is 2.43. The standard InChI is InChI=1S/C54H55F2N8O11PS2/c55-54(56,75-76(73)74)34-16-21-42-33(26-34)27-43(77-42)50(70)60-39-30-62(47(67)15-8-3-1-2-5-10-31-13-9-14-36-37(31)29-63(52(36)71)40-20-23-46(66)61-48(40)68)25-24-35-17-19-41(64(35)53(39)72)49(69)59-38(18-22-45(57)65)51-58-28-44(78-51)32-11-6-4-7-12-32/h4,6-7,9,11-14,16,21,26-28,35,38-41,73-74H,1-3,8,15,17-20,22-25,29-30H2,(H2,57,65)(H,59,69)(H,60,70)(H,61,66,68)/t35-,38+,39+,40?,41+/m1/s1. The lowest BCUT2D eigenvalue weighted by atomic mass is 10.0. The van der Waals surface area contributed by atoms with Gasteiger partial charge in [0.2, 0.25) is 35.4 Å². The van der Waals surface area contributed by atoms with Crippen LogP contribution in [0.25, 0.3) is 20.5 Å². The molecular formula is C54H55F2N8O11PS2. The molecule has 19 nitrogen and oxygen atoms in total. The molecule has 0 aliphatic carbocycles. The van der Waals surface area contributed by atoms with E-state index in [1.807, 2.05) is 36.4 Å². The van der Waals surface area contributed by atoms with Gasteiger partial charge in [-0.3, -0.25) is 43.7 Å². The Kier molecular flexibility index (Phi) is 17.4. The fourth-order valence-corrected chi connectivity index (χ4v) is 12.6. The zero-order chi connectivity index (χ0) is 55.3. The second kappa shape index (κ2) is 24.3. The van der Waals surface area contributed by atoms with Crippen LogP contribution in [0.15, 0.2) is 79.0 Å². The van der Waals surface area contributed by atoms with E-state index in [9.17, 15) is 47.1 Å². The molecule has 4 aliphatic heterocycles. The van der Waals surface area contributed by atoms with Crippen molar-refractivity contribution in [1.29, 1.82) is 0 Å².